The van der Waals surface area contributed by atoms with E-state index in [1.165, 1.54) is 18.3 Å². The maximum absolute atomic E-state index is 13.9. The number of likely N-dealkylation sites (tertiary alicyclic amines) is 2. The van der Waals surface area contributed by atoms with Crippen LogP contribution in [0.3, 0.4) is 0 Å². The fourth-order valence-corrected chi connectivity index (χ4v) is 4.22. The van der Waals surface area contributed by atoms with Crippen molar-refractivity contribution >= 4 is 33.8 Å². The molecule has 31 heavy (non-hydrogen) atoms. The van der Waals surface area contributed by atoms with Crippen LogP contribution in [0.5, 0.6) is 0 Å². The largest absolute Gasteiger partial charge is 0.443 e. The maximum atomic E-state index is 13.9. The van der Waals surface area contributed by atoms with E-state index in [2.05, 4.69) is 20.9 Å². The maximum Gasteiger partial charge on any atom is 0.417 e. The van der Waals surface area contributed by atoms with Gasteiger partial charge in [-0.1, -0.05) is 0 Å². The molecular weight excluding hydrogens is 483 g/mol. The van der Waals surface area contributed by atoms with E-state index in [0.717, 1.165) is 9.80 Å². The van der Waals surface area contributed by atoms with Crippen molar-refractivity contribution in [1.29, 1.82) is 0 Å². The summed E-state index contributed by atoms with van der Waals surface area (Å²) in [5, 5.41) is 0. The Hall–Kier alpha value is -2.17. The van der Waals surface area contributed by atoms with Gasteiger partial charge in [-0.15, -0.1) is 0 Å². The van der Waals surface area contributed by atoms with E-state index in [1.807, 2.05) is 0 Å². The topological polar surface area (TPSA) is 79.8 Å². The number of carbonyl (C=O) groups excluding carboxylic acids is 3. The Bertz CT molecular complexity index is 885. The molecule has 2 unspecified atom stereocenters. The Morgan fingerprint density at radius 2 is 1.84 bits per heavy atom. The summed E-state index contributed by atoms with van der Waals surface area (Å²) in [6.07, 6.45) is -4.46. The number of ether oxygens (including phenoxy) is 1. The number of alkyl halides is 3. The van der Waals surface area contributed by atoms with Crippen molar-refractivity contribution in [2.45, 2.75) is 57.9 Å². The van der Waals surface area contributed by atoms with Gasteiger partial charge in [-0.3, -0.25) is 14.6 Å². The molecule has 3 amide bonds. The van der Waals surface area contributed by atoms with Crippen LogP contribution < -0.4 is 0 Å². The average Bonchev–Trinajstić information content (AvgIpc) is 2.92. The second kappa shape index (κ2) is 8.07. The predicted molar refractivity (Wildman–Crippen MR) is 107 cm³/mol. The lowest BCUT2D eigenvalue weighted by molar-refractivity contribution is -0.198. The molecule has 3 heterocycles. The van der Waals surface area contributed by atoms with Gasteiger partial charge < -0.3 is 9.64 Å². The summed E-state index contributed by atoms with van der Waals surface area (Å²) >= 11 is 3.14. The quantitative estimate of drug-likeness (QED) is 0.600. The van der Waals surface area contributed by atoms with Gasteiger partial charge in [0.2, 0.25) is 11.8 Å². The molecule has 1 spiro atoms. The molecule has 2 aliphatic rings. The van der Waals surface area contributed by atoms with Crippen LogP contribution in [-0.2, 0) is 14.3 Å². The molecular formula is C20H23BrF3N3O4. The molecule has 0 aliphatic carbocycles. The summed E-state index contributed by atoms with van der Waals surface area (Å²) in [4.78, 5) is 43.1. The van der Waals surface area contributed by atoms with Gasteiger partial charge in [-0.2, -0.15) is 13.2 Å². The summed E-state index contributed by atoms with van der Waals surface area (Å²) in [5.41, 5.74) is -1.97. The molecule has 2 saturated heterocycles. The lowest BCUT2D eigenvalue weighted by Gasteiger charge is -2.42. The Morgan fingerprint density at radius 1 is 1.19 bits per heavy atom. The smallest absolute Gasteiger partial charge is 0.417 e. The van der Waals surface area contributed by atoms with Crippen molar-refractivity contribution < 1.29 is 32.3 Å². The van der Waals surface area contributed by atoms with Crippen molar-refractivity contribution in [2.24, 2.45) is 5.41 Å². The molecule has 0 saturated carbocycles. The molecule has 0 N–H and O–H groups in total. The van der Waals surface area contributed by atoms with Gasteiger partial charge in [0.25, 0.3) is 0 Å². The lowest BCUT2D eigenvalue weighted by atomic mass is 9.77. The van der Waals surface area contributed by atoms with E-state index in [4.69, 9.17) is 4.74 Å². The molecule has 3 rings (SSSR count). The number of amides is 3. The number of rotatable bonds is 2. The zero-order chi connectivity index (χ0) is 23.2. The zero-order valence-corrected chi connectivity index (χ0v) is 18.9. The van der Waals surface area contributed by atoms with E-state index < -0.39 is 41.1 Å². The summed E-state index contributed by atoms with van der Waals surface area (Å²) in [7, 11) is 0. The van der Waals surface area contributed by atoms with E-state index in [9.17, 15) is 27.6 Å². The first-order valence-electron chi connectivity index (χ1n) is 9.72. The fourth-order valence-electron chi connectivity index (χ4n) is 3.98. The molecule has 0 radical (unpaired) electrons. The summed E-state index contributed by atoms with van der Waals surface area (Å²) < 4.78 is 47.3. The molecule has 2 atom stereocenters. The monoisotopic (exact) mass is 505 g/mol. The SMILES string of the molecule is CC(C)(C)OC(=O)N1CC2(CCN(C(c3ccc(Br)cn3)C(F)(F)F)C(=O)C2)CC1=O. The van der Waals surface area contributed by atoms with Gasteiger partial charge in [0.05, 0.1) is 5.69 Å². The van der Waals surface area contributed by atoms with Crippen LogP contribution in [0.2, 0.25) is 0 Å². The second-order valence-electron chi connectivity index (χ2n) is 9.00. The van der Waals surface area contributed by atoms with Crippen LogP contribution in [0.15, 0.2) is 22.8 Å². The first-order valence-corrected chi connectivity index (χ1v) is 10.5. The third kappa shape index (κ3) is 5.19. The number of aromatic nitrogens is 1. The minimum atomic E-state index is -4.71. The van der Waals surface area contributed by atoms with Gasteiger partial charge >= 0.3 is 12.3 Å². The number of pyridine rings is 1. The van der Waals surface area contributed by atoms with E-state index in [1.54, 1.807) is 20.8 Å². The molecule has 11 heteroatoms. The Labute approximate surface area is 186 Å². The summed E-state index contributed by atoms with van der Waals surface area (Å²) in [6, 6.07) is 0.485. The first kappa shape index (κ1) is 23.5. The Balaban J connectivity index is 1.78. The van der Waals surface area contributed by atoms with Crippen LogP contribution in [0.1, 0.15) is 51.8 Å². The van der Waals surface area contributed by atoms with Crippen LogP contribution in [0.25, 0.3) is 0 Å². The van der Waals surface area contributed by atoms with E-state index in [-0.39, 0.29) is 38.0 Å². The van der Waals surface area contributed by atoms with Gasteiger partial charge in [0.1, 0.15) is 5.60 Å². The molecule has 2 fully saturated rings. The first-order chi connectivity index (χ1) is 14.2. The van der Waals surface area contributed by atoms with Crippen molar-refractivity contribution in [3.63, 3.8) is 0 Å². The number of carbonyl (C=O) groups is 3. The van der Waals surface area contributed by atoms with Crippen molar-refractivity contribution in [1.82, 2.24) is 14.8 Å². The van der Waals surface area contributed by atoms with Gasteiger partial charge in [0.15, 0.2) is 6.04 Å². The van der Waals surface area contributed by atoms with Gasteiger partial charge in [-0.05, 0) is 55.3 Å². The molecule has 7 nitrogen and oxygen atoms in total. The minimum absolute atomic E-state index is 0.0481. The number of imide groups is 1. The van der Waals surface area contributed by atoms with Crippen molar-refractivity contribution in [2.75, 3.05) is 13.1 Å². The number of hydrogen-bond acceptors (Lipinski definition) is 5. The van der Waals surface area contributed by atoms with Crippen molar-refractivity contribution in [3.05, 3.63) is 28.5 Å². The summed E-state index contributed by atoms with van der Waals surface area (Å²) in [5.74, 6) is -1.21. The number of nitrogens with zero attached hydrogens (tertiary/aromatic N) is 3. The minimum Gasteiger partial charge on any atom is -0.443 e. The van der Waals surface area contributed by atoms with Crippen LogP contribution in [-0.4, -0.2) is 57.6 Å². The molecule has 1 aromatic rings. The molecule has 2 aliphatic heterocycles. The predicted octanol–water partition coefficient (Wildman–Crippen LogP) is 4.22. The van der Waals surface area contributed by atoms with E-state index >= 15 is 0 Å². The third-order valence-electron chi connectivity index (χ3n) is 5.32. The van der Waals surface area contributed by atoms with Crippen LogP contribution >= 0.6 is 15.9 Å². The standard InChI is InChI=1S/C20H23BrF3N3O4/c1-18(2,3)31-17(30)27-11-19(9-15(27)29)6-7-26(14(28)8-19)16(20(22,23)24)13-5-4-12(21)10-25-13/h4-5,10,16H,6-9,11H2,1-3H3. The van der Waals surface area contributed by atoms with E-state index in [0.29, 0.717) is 4.47 Å². The average molecular weight is 506 g/mol. The number of piperidine rings is 1. The number of hydrogen-bond donors (Lipinski definition) is 0. The van der Waals surface area contributed by atoms with Gasteiger partial charge in [0, 0.05) is 42.0 Å². The molecule has 1 aromatic heterocycles. The van der Waals surface area contributed by atoms with Crippen LogP contribution in [0, 0.1) is 5.41 Å². The van der Waals surface area contributed by atoms with Gasteiger partial charge in [-0.25, -0.2) is 9.69 Å². The lowest BCUT2D eigenvalue weighted by Crippen LogP contribution is -2.50. The second-order valence-corrected chi connectivity index (χ2v) is 9.91. The highest BCUT2D eigenvalue weighted by atomic mass is 79.9. The van der Waals surface area contributed by atoms with Crippen LogP contribution in [0.4, 0.5) is 18.0 Å². The molecule has 0 aromatic carbocycles. The Morgan fingerprint density at radius 3 is 2.35 bits per heavy atom. The highest BCUT2D eigenvalue weighted by Crippen LogP contribution is 2.46. The highest BCUT2D eigenvalue weighted by molar-refractivity contribution is 9.10. The fraction of sp³-hybridized carbons (Fsp3) is 0.600. The van der Waals surface area contributed by atoms with Crippen molar-refractivity contribution in [3.8, 4) is 0 Å². The normalized spacial score (nSPS) is 23.5. The zero-order valence-electron chi connectivity index (χ0n) is 17.3. The Kier molecular flexibility index (Phi) is 6.11. The summed E-state index contributed by atoms with van der Waals surface area (Å²) in [6.45, 7) is 4.74. The number of halogens is 4. The third-order valence-corrected chi connectivity index (χ3v) is 5.79. The molecule has 0 bridgehead atoms. The highest BCUT2D eigenvalue weighted by Gasteiger charge is 2.54. The molecule has 170 valence electrons.